The summed E-state index contributed by atoms with van der Waals surface area (Å²) < 4.78 is 31.6. The van der Waals surface area contributed by atoms with Crippen molar-refractivity contribution in [1.29, 1.82) is 0 Å². The molecule has 1 atom stereocenters. The van der Waals surface area contributed by atoms with Crippen LogP contribution in [-0.2, 0) is 0 Å². The zero-order valence-corrected chi connectivity index (χ0v) is 10.6. The summed E-state index contributed by atoms with van der Waals surface area (Å²) in [4.78, 5) is 0. The lowest BCUT2D eigenvalue weighted by molar-refractivity contribution is 0.499. The van der Waals surface area contributed by atoms with Crippen molar-refractivity contribution in [1.82, 2.24) is 5.32 Å². The molecule has 17 heavy (non-hydrogen) atoms. The summed E-state index contributed by atoms with van der Waals surface area (Å²) in [5.41, 5.74) is 1.46. The molecule has 2 rings (SSSR count). The molecule has 0 radical (unpaired) electrons. The molecule has 90 valence electrons. The summed E-state index contributed by atoms with van der Waals surface area (Å²) in [6, 6.07) is 4.17. The van der Waals surface area contributed by atoms with Crippen molar-refractivity contribution >= 4 is 15.9 Å². The van der Waals surface area contributed by atoms with Crippen LogP contribution in [0.25, 0.3) is 0 Å². The van der Waals surface area contributed by atoms with Gasteiger partial charge in [0.2, 0.25) is 0 Å². The Balaban J connectivity index is 2.49. The van der Waals surface area contributed by atoms with E-state index >= 15 is 0 Å². The minimum Gasteiger partial charge on any atom is -0.472 e. The van der Waals surface area contributed by atoms with Gasteiger partial charge in [0.05, 0.1) is 23.0 Å². The van der Waals surface area contributed by atoms with E-state index < -0.39 is 11.6 Å². The third-order valence-corrected chi connectivity index (χ3v) is 3.35. The number of halogens is 3. The maximum atomic E-state index is 13.5. The molecular weight excluding hydrogens is 292 g/mol. The number of furan rings is 1. The van der Waals surface area contributed by atoms with E-state index in [1.165, 1.54) is 12.3 Å². The molecule has 0 spiro atoms. The molecule has 2 aromatic rings. The van der Waals surface area contributed by atoms with Crippen LogP contribution in [0, 0.1) is 11.6 Å². The number of benzene rings is 1. The minimum atomic E-state index is -0.883. The number of rotatable bonds is 3. The van der Waals surface area contributed by atoms with Gasteiger partial charge in [0.15, 0.2) is 11.6 Å². The normalized spacial score (nSPS) is 12.7. The van der Waals surface area contributed by atoms with E-state index in [1.54, 1.807) is 19.4 Å². The molecule has 1 aromatic heterocycles. The van der Waals surface area contributed by atoms with Crippen molar-refractivity contribution in [3.8, 4) is 0 Å². The van der Waals surface area contributed by atoms with Crippen LogP contribution in [0.4, 0.5) is 8.78 Å². The Kier molecular flexibility index (Phi) is 3.59. The predicted octanol–water partition coefficient (Wildman–Crippen LogP) is 3.63. The zero-order valence-electron chi connectivity index (χ0n) is 9.01. The Labute approximate surface area is 106 Å². The van der Waals surface area contributed by atoms with Gasteiger partial charge in [-0.1, -0.05) is 6.07 Å². The monoisotopic (exact) mass is 301 g/mol. The van der Waals surface area contributed by atoms with Gasteiger partial charge in [0.25, 0.3) is 0 Å². The Hall–Kier alpha value is -1.20. The molecule has 2 nitrogen and oxygen atoms in total. The molecule has 0 aliphatic heterocycles. The van der Waals surface area contributed by atoms with Gasteiger partial charge in [0, 0.05) is 5.56 Å². The molecule has 0 aliphatic carbocycles. The standard InChI is InChI=1S/C12H10BrF2NO/c1-16-12(7-4-5-17-6-7)8-2-3-9(14)11(15)10(8)13/h2-6,12,16H,1H3. The molecule has 1 N–H and O–H groups in total. The van der Waals surface area contributed by atoms with E-state index in [1.807, 2.05) is 0 Å². The molecule has 0 saturated heterocycles. The maximum absolute atomic E-state index is 13.5. The van der Waals surface area contributed by atoms with E-state index in [2.05, 4.69) is 21.2 Å². The minimum absolute atomic E-state index is 0.123. The fraction of sp³-hybridized carbons (Fsp3) is 0.167. The third-order valence-electron chi connectivity index (χ3n) is 2.54. The van der Waals surface area contributed by atoms with Crippen LogP contribution in [0.2, 0.25) is 0 Å². The first kappa shape index (κ1) is 12.3. The molecule has 1 heterocycles. The van der Waals surface area contributed by atoms with Crippen LogP contribution in [-0.4, -0.2) is 7.05 Å². The van der Waals surface area contributed by atoms with Crippen molar-refractivity contribution in [3.05, 3.63) is 58.0 Å². The summed E-state index contributed by atoms with van der Waals surface area (Å²) in [5.74, 6) is -1.76. The average Bonchev–Trinajstić information content (AvgIpc) is 2.84. The van der Waals surface area contributed by atoms with E-state index in [9.17, 15) is 8.78 Å². The molecule has 0 fully saturated rings. The van der Waals surface area contributed by atoms with Crippen molar-refractivity contribution < 1.29 is 13.2 Å². The van der Waals surface area contributed by atoms with Gasteiger partial charge in [-0.3, -0.25) is 0 Å². The fourth-order valence-electron chi connectivity index (χ4n) is 1.70. The SMILES string of the molecule is CNC(c1ccoc1)c1ccc(F)c(F)c1Br. The quantitative estimate of drug-likeness (QED) is 0.876. The smallest absolute Gasteiger partial charge is 0.173 e. The molecule has 1 unspecified atom stereocenters. The summed E-state index contributed by atoms with van der Waals surface area (Å²) in [7, 11) is 1.74. The van der Waals surface area contributed by atoms with Gasteiger partial charge >= 0.3 is 0 Å². The zero-order chi connectivity index (χ0) is 12.4. The van der Waals surface area contributed by atoms with Crippen molar-refractivity contribution in [3.63, 3.8) is 0 Å². The Morgan fingerprint density at radius 3 is 2.65 bits per heavy atom. The Morgan fingerprint density at radius 2 is 2.06 bits per heavy atom. The van der Waals surface area contributed by atoms with Crippen molar-refractivity contribution in [2.45, 2.75) is 6.04 Å². The lowest BCUT2D eigenvalue weighted by atomic mass is 10.0. The largest absolute Gasteiger partial charge is 0.472 e. The molecule has 0 bridgehead atoms. The summed E-state index contributed by atoms with van der Waals surface area (Å²) >= 11 is 3.07. The third kappa shape index (κ3) is 2.25. The second kappa shape index (κ2) is 4.98. The first-order valence-electron chi connectivity index (χ1n) is 4.98. The maximum Gasteiger partial charge on any atom is 0.173 e. The van der Waals surface area contributed by atoms with Crippen LogP contribution in [0.5, 0.6) is 0 Å². The van der Waals surface area contributed by atoms with Crippen LogP contribution in [0.1, 0.15) is 17.2 Å². The molecule has 0 amide bonds. The molecule has 5 heteroatoms. The number of hydrogen-bond donors (Lipinski definition) is 1. The second-order valence-electron chi connectivity index (χ2n) is 3.54. The molecule has 0 saturated carbocycles. The van der Waals surface area contributed by atoms with Gasteiger partial charge in [-0.2, -0.15) is 0 Å². The van der Waals surface area contributed by atoms with E-state index in [0.29, 0.717) is 5.56 Å². The Bertz CT molecular complexity index is 513. The van der Waals surface area contributed by atoms with Crippen LogP contribution in [0.3, 0.4) is 0 Å². The van der Waals surface area contributed by atoms with Crippen molar-refractivity contribution in [2.24, 2.45) is 0 Å². The highest BCUT2D eigenvalue weighted by atomic mass is 79.9. The van der Waals surface area contributed by atoms with Gasteiger partial charge in [-0.05, 0) is 40.7 Å². The lowest BCUT2D eigenvalue weighted by Gasteiger charge is -2.17. The van der Waals surface area contributed by atoms with Gasteiger partial charge < -0.3 is 9.73 Å². The number of hydrogen-bond acceptors (Lipinski definition) is 2. The van der Waals surface area contributed by atoms with E-state index in [0.717, 1.165) is 11.6 Å². The van der Waals surface area contributed by atoms with Crippen LogP contribution in [0.15, 0.2) is 39.6 Å². The topological polar surface area (TPSA) is 25.2 Å². The van der Waals surface area contributed by atoms with Gasteiger partial charge in [0.1, 0.15) is 0 Å². The van der Waals surface area contributed by atoms with Gasteiger partial charge in [-0.25, -0.2) is 8.78 Å². The van der Waals surface area contributed by atoms with Crippen molar-refractivity contribution in [2.75, 3.05) is 7.05 Å². The highest BCUT2D eigenvalue weighted by Crippen LogP contribution is 2.31. The van der Waals surface area contributed by atoms with Gasteiger partial charge in [-0.15, -0.1) is 0 Å². The highest BCUT2D eigenvalue weighted by molar-refractivity contribution is 9.10. The predicted molar refractivity (Wildman–Crippen MR) is 63.7 cm³/mol. The average molecular weight is 302 g/mol. The molecular formula is C12H10BrF2NO. The first-order valence-corrected chi connectivity index (χ1v) is 5.77. The summed E-state index contributed by atoms with van der Waals surface area (Å²) in [6.07, 6.45) is 3.10. The second-order valence-corrected chi connectivity index (χ2v) is 4.34. The van der Waals surface area contributed by atoms with E-state index in [4.69, 9.17) is 4.42 Å². The molecule has 1 aromatic carbocycles. The molecule has 0 aliphatic rings. The number of nitrogens with one attached hydrogen (secondary N) is 1. The summed E-state index contributed by atoms with van der Waals surface area (Å²) in [6.45, 7) is 0. The first-order chi connectivity index (χ1) is 8.15. The van der Waals surface area contributed by atoms with Crippen LogP contribution < -0.4 is 5.32 Å². The highest BCUT2D eigenvalue weighted by Gasteiger charge is 2.19. The van der Waals surface area contributed by atoms with Crippen LogP contribution >= 0.6 is 15.9 Å². The van der Waals surface area contributed by atoms with E-state index in [-0.39, 0.29) is 10.5 Å². The summed E-state index contributed by atoms with van der Waals surface area (Å²) in [5, 5.41) is 3.03. The fourth-order valence-corrected chi connectivity index (χ4v) is 2.26. The lowest BCUT2D eigenvalue weighted by Crippen LogP contribution is -2.18. The Morgan fingerprint density at radius 1 is 1.29 bits per heavy atom.